The molecule has 1 heterocycles. The molecule has 0 saturated heterocycles. The number of hydrogen-bond donors (Lipinski definition) is 2. The van der Waals surface area contributed by atoms with E-state index in [9.17, 15) is 5.11 Å². The number of aliphatic hydroxyl groups excluding tert-OH is 1. The zero-order chi connectivity index (χ0) is 13.0. The van der Waals surface area contributed by atoms with Gasteiger partial charge in [0.2, 0.25) is 0 Å². The van der Waals surface area contributed by atoms with E-state index < -0.39 is 0 Å². The summed E-state index contributed by atoms with van der Waals surface area (Å²) in [4.78, 5) is 0. The minimum atomic E-state index is -0.297. The van der Waals surface area contributed by atoms with Crippen molar-refractivity contribution in [2.45, 2.75) is 39.5 Å². The van der Waals surface area contributed by atoms with Crippen LogP contribution in [0.1, 0.15) is 25.8 Å². The van der Waals surface area contributed by atoms with Gasteiger partial charge in [0.05, 0.1) is 6.10 Å². The van der Waals surface area contributed by atoms with Gasteiger partial charge in [-0.3, -0.25) is 0 Å². The molecule has 0 fully saturated rings. The van der Waals surface area contributed by atoms with E-state index in [1.807, 2.05) is 0 Å². The molecule has 2 N–H and O–H groups in total. The first-order chi connectivity index (χ1) is 8.72. The van der Waals surface area contributed by atoms with Crippen LogP contribution in [-0.4, -0.2) is 22.3 Å². The molecule has 0 aliphatic rings. The van der Waals surface area contributed by atoms with E-state index in [-0.39, 0.29) is 18.5 Å². The molecule has 1 aromatic heterocycles. The lowest BCUT2D eigenvalue weighted by molar-refractivity contribution is 0.191. The predicted octanol–water partition coefficient (Wildman–Crippen LogP) is 2.94. The van der Waals surface area contributed by atoms with Gasteiger partial charge in [0.15, 0.2) is 0 Å². The summed E-state index contributed by atoms with van der Waals surface area (Å²) in [6, 6.07) is 8.50. The van der Waals surface area contributed by atoms with Gasteiger partial charge in [-0.05, 0) is 25.0 Å². The summed E-state index contributed by atoms with van der Waals surface area (Å²) < 4.78 is 2.31. The second kappa shape index (κ2) is 7.53. The van der Waals surface area contributed by atoms with Crippen LogP contribution in [0.5, 0.6) is 0 Å². The van der Waals surface area contributed by atoms with Crippen LogP contribution in [0.4, 0.5) is 0 Å². The van der Waals surface area contributed by atoms with Crippen LogP contribution in [0.3, 0.4) is 0 Å². The summed E-state index contributed by atoms with van der Waals surface area (Å²) in [7, 11) is 0. The van der Waals surface area contributed by atoms with Crippen LogP contribution in [0.25, 0.3) is 10.9 Å². The number of nitrogens with one attached hydrogen (secondary N) is 1. The number of rotatable bonds is 6. The lowest BCUT2D eigenvalue weighted by Crippen LogP contribution is -2.23. The van der Waals surface area contributed by atoms with E-state index in [0.717, 1.165) is 19.5 Å². The fraction of sp³-hybridized carbons (Fsp3) is 0.467. The molecular formula is C15H23ClN2O. The number of hydrogen-bond acceptors (Lipinski definition) is 2. The molecule has 2 aromatic rings. The Balaban J connectivity index is 0.00000180. The largest absolute Gasteiger partial charge is 0.392 e. The highest BCUT2D eigenvalue weighted by atomic mass is 35.5. The standard InChI is InChI=1S/C15H22N2O.ClH/c1-3-8-17-11-13(10-16-9-12(2)18)14-6-4-5-7-15(14)17;/h4-7,11-12,16,18H,3,8-10H2,1-2H3;1H. The van der Waals surface area contributed by atoms with Crippen molar-refractivity contribution in [1.82, 2.24) is 9.88 Å². The maximum Gasteiger partial charge on any atom is 0.0636 e. The van der Waals surface area contributed by atoms with Crippen molar-refractivity contribution in [1.29, 1.82) is 0 Å². The van der Waals surface area contributed by atoms with Crippen molar-refractivity contribution < 1.29 is 5.11 Å². The van der Waals surface area contributed by atoms with E-state index in [1.165, 1.54) is 16.5 Å². The minimum Gasteiger partial charge on any atom is -0.392 e. The zero-order valence-electron chi connectivity index (χ0n) is 11.6. The molecule has 106 valence electrons. The van der Waals surface area contributed by atoms with Gasteiger partial charge < -0.3 is 15.0 Å². The summed E-state index contributed by atoms with van der Waals surface area (Å²) in [6.07, 6.45) is 3.07. The first-order valence-corrected chi connectivity index (χ1v) is 6.68. The summed E-state index contributed by atoms with van der Waals surface area (Å²) in [5.41, 5.74) is 2.60. The van der Waals surface area contributed by atoms with E-state index in [1.54, 1.807) is 6.92 Å². The number of aliphatic hydroxyl groups is 1. The van der Waals surface area contributed by atoms with Gasteiger partial charge in [-0.25, -0.2) is 0 Å². The monoisotopic (exact) mass is 282 g/mol. The third-order valence-electron chi connectivity index (χ3n) is 3.09. The molecule has 0 aliphatic heterocycles. The Bertz CT molecular complexity index is 508. The molecule has 1 unspecified atom stereocenters. The second-order valence-corrected chi connectivity index (χ2v) is 4.84. The van der Waals surface area contributed by atoms with E-state index in [4.69, 9.17) is 0 Å². The van der Waals surface area contributed by atoms with Crippen molar-refractivity contribution in [3.05, 3.63) is 36.0 Å². The summed E-state index contributed by atoms with van der Waals surface area (Å²) in [5.74, 6) is 0. The molecular weight excluding hydrogens is 260 g/mol. The number of nitrogens with zero attached hydrogens (tertiary/aromatic N) is 1. The SMILES string of the molecule is CCCn1cc(CNCC(C)O)c2ccccc21.Cl. The van der Waals surface area contributed by atoms with Crippen LogP contribution in [0.15, 0.2) is 30.5 Å². The Kier molecular flexibility index (Phi) is 6.35. The number of aryl methyl sites for hydroxylation is 1. The molecule has 0 bridgehead atoms. The molecule has 1 aromatic carbocycles. The zero-order valence-corrected chi connectivity index (χ0v) is 12.4. The molecule has 0 spiro atoms. The van der Waals surface area contributed by atoms with Crippen LogP contribution in [0, 0.1) is 0 Å². The molecule has 2 rings (SSSR count). The summed E-state index contributed by atoms with van der Waals surface area (Å²) in [6.45, 7) is 6.49. The minimum absolute atomic E-state index is 0. The first-order valence-electron chi connectivity index (χ1n) is 6.68. The van der Waals surface area contributed by atoms with Gasteiger partial charge >= 0.3 is 0 Å². The average molecular weight is 283 g/mol. The number of para-hydroxylation sites is 1. The Morgan fingerprint density at radius 1 is 1.32 bits per heavy atom. The molecule has 4 heteroatoms. The number of benzene rings is 1. The van der Waals surface area contributed by atoms with Crippen LogP contribution in [-0.2, 0) is 13.1 Å². The number of halogens is 1. The first kappa shape index (κ1) is 16.0. The molecule has 0 aliphatic carbocycles. The van der Waals surface area contributed by atoms with Gasteiger partial charge in [0.25, 0.3) is 0 Å². The highest BCUT2D eigenvalue weighted by molar-refractivity contribution is 5.85. The van der Waals surface area contributed by atoms with Gasteiger partial charge in [-0.2, -0.15) is 0 Å². The lowest BCUT2D eigenvalue weighted by atomic mass is 10.2. The van der Waals surface area contributed by atoms with Crippen LogP contribution in [0.2, 0.25) is 0 Å². The predicted molar refractivity (Wildman–Crippen MR) is 82.9 cm³/mol. The van der Waals surface area contributed by atoms with Gasteiger partial charge in [-0.1, -0.05) is 25.1 Å². The Hall–Kier alpha value is -1.03. The van der Waals surface area contributed by atoms with Crippen molar-refractivity contribution in [2.75, 3.05) is 6.54 Å². The van der Waals surface area contributed by atoms with Crippen molar-refractivity contribution >= 4 is 23.3 Å². The molecule has 3 nitrogen and oxygen atoms in total. The topological polar surface area (TPSA) is 37.2 Å². The summed E-state index contributed by atoms with van der Waals surface area (Å²) in [5, 5.41) is 13.9. The third kappa shape index (κ3) is 3.96. The molecule has 0 saturated carbocycles. The highest BCUT2D eigenvalue weighted by Gasteiger charge is 2.07. The number of aromatic nitrogens is 1. The summed E-state index contributed by atoms with van der Waals surface area (Å²) >= 11 is 0. The lowest BCUT2D eigenvalue weighted by Gasteiger charge is -2.05. The van der Waals surface area contributed by atoms with Gasteiger partial charge in [0, 0.05) is 36.7 Å². The smallest absolute Gasteiger partial charge is 0.0636 e. The molecule has 0 radical (unpaired) electrons. The van der Waals surface area contributed by atoms with Crippen molar-refractivity contribution in [2.24, 2.45) is 0 Å². The van der Waals surface area contributed by atoms with E-state index in [2.05, 4.69) is 47.3 Å². The second-order valence-electron chi connectivity index (χ2n) is 4.84. The average Bonchev–Trinajstić information content (AvgIpc) is 2.69. The molecule has 0 amide bonds. The van der Waals surface area contributed by atoms with E-state index >= 15 is 0 Å². The molecule has 1 atom stereocenters. The fourth-order valence-electron chi connectivity index (χ4n) is 2.31. The quantitative estimate of drug-likeness (QED) is 0.855. The van der Waals surface area contributed by atoms with E-state index in [0.29, 0.717) is 6.54 Å². The third-order valence-corrected chi connectivity index (χ3v) is 3.09. The normalized spacial score (nSPS) is 12.4. The Morgan fingerprint density at radius 3 is 2.74 bits per heavy atom. The van der Waals surface area contributed by atoms with Gasteiger partial charge in [-0.15, -0.1) is 12.4 Å². The van der Waals surface area contributed by atoms with Crippen LogP contribution >= 0.6 is 12.4 Å². The van der Waals surface area contributed by atoms with Crippen molar-refractivity contribution in [3.63, 3.8) is 0 Å². The van der Waals surface area contributed by atoms with Gasteiger partial charge in [0.1, 0.15) is 0 Å². The fourth-order valence-corrected chi connectivity index (χ4v) is 2.31. The number of fused-ring (bicyclic) bond motifs is 1. The Labute approximate surface area is 121 Å². The maximum absolute atomic E-state index is 9.27. The highest BCUT2D eigenvalue weighted by Crippen LogP contribution is 2.21. The maximum atomic E-state index is 9.27. The van der Waals surface area contributed by atoms with Crippen LogP contribution < -0.4 is 5.32 Å². The molecule has 19 heavy (non-hydrogen) atoms. The van der Waals surface area contributed by atoms with Crippen molar-refractivity contribution in [3.8, 4) is 0 Å². The Morgan fingerprint density at radius 2 is 2.05 bits per heavy atom.